The lowest BCUT2D eigenvalue weighted by Crippen LogP contribution is -2.35. The quantitative estimate of drug-likeness (QED) is 0.820. The average Bonchev–Trinajstić information content (AvgIpc) is 3.10. The van der Waals surface area contributed by atoms with Crippen molar-refractivity contribution in [3.63, 3.8) is 0 Å². The van der Waals surface area contributed by atoms with Crippen LogP contribution in [-0.2, 0) is 24.3 Å². The van der Waals surface area contributed by atoms with Gasteiger partial charge in [0.15, 0.2) is 0 Å². The number of carbonyl (C=O) groups is 1. The smallest absolute Gasteiger partial charge is 0.346 e. The first-order valence-corrected chi connectivity index (χ1v) is 7.80. The third-order valence-corrected chi connectivity index (χ3v) is 3.94. The lowest BCUT2D eigenvalue weighted by atomic mass is 10.2. The lowest BCUT2D eigenvalue weighted by molar-refractivity contribution is -0.122. The predicted molar refractivity (Wildman–Crippen MR) is 80.7 cm³/mol. The van der Waals surface area contributed by atoms with Crippen LogP contribution in [0.5, 0.6) is 0 Å². The molecule has 0 fully saturated rings. The van der Waals surface area contributed by atoms with Crippen LogP contribution in [0, 0.1) is 0 Å². The number of hydrogen-bond acceptors (Lipinski definition) is 5. The number of fused-ring (bicyclic) bond motifs is 1. The second-order valence-electron chi connectivity index (χ2n) is 5.65. The molecule has 2 N–H and O–H groups in total. The van der Waals surface area contributed by atoms with Gasteiger partial charge in [-0.2, -0.15) is 5.10 Å². The van der Waals surface area contributed by atoms with Gasteiger partial charge in [-0.15, -0.1) is 0 Å². The molecule has 0 radical (unpaired) electrons. The van der Waals surface area contributed by atoms with Crippen molar-refractivity contribution in [3.05, 3.63) is 40.5 Å². The van der Waals surface area contributed by atoms with E-state index in [-0.39, 0.29) is 24.7 Å². The first-order chi connectivity index (χ1) is 11.1. The first-order valence-electron chi connectivity index (χ1n) is 7.80. The zero-order chi connectivity index (χ0) is 16.2. The maximum absolute atomic E-state index is 12.2. The molecule has 2 aromatic heterocycles. The lowest BCUT2D eigenvalue weighted by Gasteiger charge is -2.09. The molecule has 1 atom stereocenters. The highest BCUT2D eigenvalue weighted by atomic mass is 16.4. The summed E-state index contributed by atoms with van der Waals surface area (Å²) in [6.07, 6.45) is 4.37. The molecule has 23 heavy (non-hydrogen) atoms. The number of aliphatic hydroxyl groups excluding tert-OH is 1. The van der Waals surface area contributed by atoms with Gasteiger partial charge in [-0.25, -0.2) is 9.48 Å². The molecule has 8 heteroatoms. The van der Waals surface area contributed by atoms with Crippen LogP contribution in [0.4, 0.5) is 0 Å². The Labute approximate surface area is 132 Å². The molecule has 0 aromatic carbocycles. The van der Waals surface area contributed by atoms with E-state index in [1.165, 1.54) is 10.9 Å². The van der Waals surface area contributed by atoms with Gasteiger partial charge >= 0.3 is 5.69 Å². The van der Waals surface area contributed by atoms with Crippen molar-refractivity contribution in [3.8, 4) is 0 Å². The summed E-state index contributed by atoms with van der Waals surface area (Å²) in [7, 11) is 0. The summed E-state index contributed by atoms with van der Waals surface area (Å²) in [6.45, 7) is 0.533. The van der Waals surface area contributed by atoms with Crippen LogP contribution in [0.2, 0.25) is 0 Å². The van der Waals surface area contributed by atoms with Crippen LogP contribution in [0.25, 0.3) is 0 Å². The fraction of sp³-hybridized carbons (Fsp3) is 0.533. The Bertz CT molecular complexity index is 716. The molecule has 0 aliphatic carbocycles. The summed E-state index contributed by atoms with van der Waals surface area (Å²) in [4.78, 5) is 24.2. The van der Waals surface area contributed by atoms with E-state index in [2.05, 4.69) is 10.4 Å². The van der Waals surface area contributed by atoms with Gasteiger partial charge in [0, 0.05) is 13.0 Å². The van der Waals surface area contributed by atoms with Crippen LogP contribution in [-0.4, -0.2) is 31.9 Å². The molecule has 0 spiro atoms. The molecule has 3 rings (SSSR count). The largest absolute Gasteiger partial charge is 0.467 e. The van der Waals surface area contributed by atoms with Crippen molar-refractivity contribution >= 4 is 5.91 Å². The van der Waals surface area contributed by atoms with Crippen LogP contribution in [0.3, 0.4) is 0 Å². The van der Waals surface area contributed by atoms with Crippen molar-refractivity contribution < 1.29 is 14.3 Å². The highest BCUT2D eigenvalue weighted by Crippen LogP contribution is 2.12. The maximum atomic E-state index is 12.2. The van der Waals surface area contributed by atoms with E-state index >= 15 is 0 Å². The molecule has 2 aromatic rings. The molecular formula is C15H20N4O4. The number of hydrogen-bond donors (Lipinski definition) is 2. The normalized spacial score (nSPS) is 15.7. The minimum Gasteiger partial charge on any atom is -0.467 e. The Balaban J connectivity index is 1.59. The second-order valence-corrected chi connectivity index (χ2v) is 5.65. The summed E-state index contributed by atoms with van der Waals surface area (Å²) in [5, 5.41) is 16.7. The second kappa shape index (κ2) is 6.82. The Morgan fingerprint density at radius 2 is 2.30 bits per heavy atom. The van der Waals surface area contributed by atoms with Crippen LogP contribution >= 0.6 is 0 Å². The van der Waals surface area contributed by atoms with Gasteiger partial charge in [0.1, 0.15) is 24.2 Å². The van der Waals surface area contributed by atoms with Crippen molar-refractivity contribution in [2.45, 2.75) is 44.9 Å². The van der Waals surface area contributed by atoms with Crippen LogP contribution in [0.15, 0.2) is 27.6 Å². The summed E-state index contributed by atoms with van der Waals surface area (Å²) in [5.41, 5.74) is -0.247. The van der Waals surface area contributed by atoms with Gasteiger partial charge in [0.25, 0.3) is 0 Å². The van der Waals surface area contributed by atoms with Gasteiger partial charge < -0.3 is 14.8 Å². The van der Waals surface area contributed by atoms with Gasteiger partial charge in [0.2, 0.25) is 5.91 Å². The van der Waals surface area contributed by atoms with Crippen molar-refractivity contribution in [1.82, 2.24) is 19.7 Å². The van der Waals surface area contributed by atoms with E-state index in [0.29, 0.717) is 12.3 Å². The zero-order valence-electron chi connectivity index (χ0n) is 12.8. The molecular weight excluding hydrogens is 300 g/mol. The Morgan fingerprint density at radius 1 is 1.43 bits per heavy atom. The number of nitrogens with one attached hydrogen (secondary N) is 1. The van der Waals surface area contributed by atoms with Crippen molar-refractivity contribution in [2.24, 2.45) is 0 Å². The van der Waals surface area contributed by atoms with Crippen LogP contribution < -0.4 is 11.0 Å². The topological polar surface area (TPSA) is 102 Å². The van der Waals surface area contributed by atoms with E-state index < -0.39 is 6.10 Å². The highest BCUT2D eigenvalue weighted by Gasteiger charge is 2.18. The number of furan rings is 1. The maximum Gasteiger partial charge on any atom is 0.346 e. The standard InChI is InChI=1S/C15H20N4O4/c20-11(12-5-4-8-23-12)9-16-14(21)10-19-15(22)18-7-3-1-2-6-13(18)17-19/h4-5,8,11,20H,1-3,6-7,9-10H2,(H,16,21). The van der Waals surface area contributed by atoms with E-state index in [4.69, 9.17) is 4.42 Å². The molecule has 0 bridgehead atoms. The van der Waals surface area contributed by atoms with Gasteiger partial charge in [-0.1, -0.05) is 6.42 Å². The molecule has 8 nitrogen and oxygen atoms in total. The molecule has 0 saturated carbocycles. The monoisotopic (exact) mass is 320 g/mol. The SMILES string of the molecule is O=C(Cn1nc2n(c1=O)CCCCC2)NCC(O)c1ccco1. The number of amides is 1. The van der Waals surface area contributed by atoms with Crippen LogP contribution in [0.1, 0.15) is 37.0 Å². The average molecular weight is 320 g/mol. The number of rotatable bonds is 5. The molecule has 0 saturated heterocycles. The predicted octanol–water partition coefficient (Wildman–Crippen LogP) is 0.214. The third kappa shape index (κ3) is 3.53. The molecule has 124 valence electrons. The molecule has 1 aliphatic heterocycles. The van der Waals surface area contributed by atoms with E-state index in [1.54, 1.807) is 16.7 Å². The number of aryl methyl sites for hydroxylation is 1. The third-order valence-electron chi connectivity index (χ3n) is 3.94. The number of carbonyl (C=O) groups excluding carboxylic acids is 1. The summed E-state index contributed by atoms with van der Waals surface area (Å²) in [6, 6.07) is 3.30. The summed E-state index contributed by atoms with van der Waals surface area (Å²) >= 11 is 0. The van der Waals surface area contributed by atoms with Crippen molar-refractivity contribution in [1.29, 1.82) is 0 Å². The highest BCUT2D eigenvalue weighted by molar-refractivity contribution is 5.75. The molecule has 3 heterocycles. The Hall–Kier alpha value is -2.35. The molecule has 1 aliphatic rings. The fourth-order valence-corrected chi connectivity index (χ4v) is 2.71. The van der Waals surface area contributed by atoms with Gasteiger partial charge in [-0.3, -0.25) is 9.36 Å². The summed E-state index contributed by atoms with van der Waals surface area (Å²) < 4.78 is 7.90. The first kappa shape index (κ1) is 15.5. The van der Waals surface area contributed by atoms with E-state index in [9.17, 15) is 14.7 Å². The molecule has 1 unspecified atom stereocenters. The van der Waals surface area contributed by atoms with Gasteiger partial charge in [-0.05, 0) is 25.0 Å². The number of nitrogens with zero attached hydrogens (tertiary/aromatic N) is 3. The Kier molecular flexibility index (Phi) is 4.61. The Morgan fingerprint density at radius 3 is 3.09 bits per heavy atom. The zero-order valence-corrected chi connectivity index (χ0v) is 12.8. The summed E-state index contributed by atoms with van der Waals surface area (Å²) in [5.74, 6) is 0.762. The van der Waals surface area contributed by atoms with E-state index in [1.807, 2.05) is 0 Å². The number of aromatic nitrogens is 3. The number of aliphatic hydroxyl groups is 1. The minimum atomic E-state index is -0.913. The van der Waals surface area contributed by atoms with Gasteiger partial charge in [0.05, 0.1) is 12.8 Å². The fourth-order valence-electron chi connectivity index (χ4n) is 2.71. The molecule has 1 amide bonds. The minimum absolute atomic E-state index is 0.0225. The van der Waals surface area contributed by atoms with E-state index in [0.717, 1.165) is 31.5 Å². The van der Waals surface area contributed by atoms with Crippen molar-refractivity contribution in [2.75, 3.05) is 6.54 Å².